The first-order valence-electron chi connectivity index (χ1n) is 11.1. The summed E-state index contributed by atoms with van der Waals surface area (Å²) in [5.41, 5.74) is 1.70. The van der Waals surface area contributed by atoms with Crippen LogP contribution in [0.2, 0.25) is 0 Å². The van der Waals surface area contributed by atoms with Crippen LogP contribution in [0.3, 0.4) is 0 Å². The van der Waals surface area contributed by atoms with E-state index in [1.807, 2.05) is 13.0 Å². The lowest BCUT2D eigenvalue weighted by molar-refractivity contribution is -0.140. The Hall–Kier alpha value is -1.83. The largest absolute Gasteiger partial charge is 0.495 e. The number of aryl methyl sites for hydroxylation is 1. The summed E-state index contributed by atoms with van der Waals surface area (Å²) in [6.45, 7) is 9.25. The van der Waals surface area contributed by atoms with E-state index in [9.17, 15) is 9.59 Å². The zero-order chi connectivity index (χ0) is 21.3. The standard InChI is InChI=1S/C23H34N4O3.ClH/c1-17-5-8-20(30-3)19(15-17)26-13-11-25(12-14-26)9-4-10-27-21(28)16-23(2,22(27)29)24-18-6-7-18;/h5,8,15,18,24H,4,6-7,9-14,16H2,1-3H3;1H. The predicted molar refractivity (Wildman–Crippen MR) is 124 cm³/mol. The third-order valence-corrected chi connectivity index (χ3v) is 6.53. The number of hydrogen-bond acceptors (Lipinski definition) is 6. The molecule has 2 saturated heterocycles. The minimum atomic E-state index is -0.698. The highest BCUT2D eigenvalue weighted by atomic mass is 35.5. The van der Waals surface area contributed by atoms with Crippen molar-refractivity contribution in [2.45, 2.75) is 51.1 Å². The predicted octanol–water partition coefficient (Wildman–Crippen LogP) is 2.21. The fourth-order valence-electron chi connectivity index (χ4n) is 4.61. The first-order chi connectivity index (χ1) is 14.4. The van der Waals surface area contributed by atoms with Gasteiger partial charge in [-0.15, -0.1) is 12.4 Å². The van der Waals surface area contributed by atoms with Crippen molar-refractivity contribution in [2.24, 2.45) is 0 Å². The second-order valence-corrected chi connectivity index (χ2v) is 9.14. The Bertz CT molecular complexity index is 808. The Labute approximate surface area is 191 Å². The Morgan fingerprint density at radius 2 is 1.84 bits per heavy atom. The molecule has 0 aromatic heterocycles. The lowest BCUT2D eigenvalue weighted by Crippen LogP contribution is -2.50. The summed E-state index contributed by atoms with van der Waals surface area (Å²) in [6, 6.07) is 6.71. The summed E-state index contributed by atoms with van der Waals surface area (Å²) in [6.07, 6.45) is 3.33. The summed E-state index contributed by atoms with van der Waals surface area (Å²) in [5.74, 6) is 0.839. The van der Waals surface area contributed by atoms with E-state index in [1.54, 1.807) is 7.11 Å². The van der Waals surface area contributed by atoms with Crippen molar-refractivity contribution in [3.05, 3.63) is 23.8 Å². The van der Waals surface area contributed by atoms with E-state index < -0.39 is 5.54 Å². The molecule has 0 bridgehead atoms. The monoisotopic (exact) mass is 450 g/mol. The molecule has 3 fully saturated rings. The second-order valence-electron chi connectivity index (χ2n) is 9.14. The van der Waals surface area contributed by atoms with Gasteiger partial charge in [0.2, 0.25) is 11.8 Å². The molecule has 4 rings (SSSR count). The van der Waals surface area contributed by atoms with E-state index in [2.05, 4.69) is 34.2 Å². The fourth-order valence-corrected chi connectivity index (χ4v) is 4.61. The molecule has 1 N–H and O–H groups in total. The highest BCUT2D eigenvalue weighted by Gasteiger charge is 2.49. The van der Waals surface area contributed by atoms with Crippen LogP contribution in [0.4, 0.5) is 5.69 Å². The summed E-state index contributed by atoms with van der Waals surface area (Å²) < 4.78 is 5.54. The lowest BCUT2D eigenvalue weighted by atomic mass is 10.0. The molecule has 2 heterocycles. The maximum atomic E-state index is 12.8. The maximum Gasteiger partial charge on any atom is 0.249 e. The molecule has 31 heavy (non-hydrogen) atoms. The van der Waals surface area contributed by atoms with Crippen LogP contribution in [0.1, 0.15) is 38.2 Å². The second kappa shape index (κ2) is 9.76. The van der Waals surface area contributed by atoms with Crippen LogP contribution in [-0.4, -0.2) is 79.6 Å². The van der Waals surface area contributed by atoms with Crippen molar-refractivity contribution < 1.29 is 14.3 Å². The van der Waals surface area contributed by atoms with Gasteiger partial charge in [-0.05, 0) is 57.4 Å². The number of piperazine rings is 1. The number of carbonyl (C=O) groups is 2. The summed E-state index contributed by atoms with van der Waals surface area (Å²) in [5, 5.41) is 3.37. The summed E-state index contributed by atoms with van der Waals surface area (Å²) in [4.78, 5) is 31.5. The maximum absolute atomic E-state index is 12.8. The van der Waals surface area contributed by atoms with Gasteiger partial charge in [-0.2, -0.15) is 0 Å². The number of nitrogens with zero attached hydrogens (tertiary/aromatic N) is 3. The quantitative estimate of drug-likeness (QED) is 0.612. The van der Waals surface area contributed by atoms with E-state index in [4.69, 9.17) is 4.74 Å². The Kier molecular flexibility index (Phi) is 7.50. The molecule has 0 radical (unpaired) electrons. The molecule has 1 saturated carbocycles. The number of hydrogen-bond donors (Lipinski definition) is 1. The van der Waals surface area contributed by atoms with Crippen LogP contribution in [0.5, 0.6) is 5.75 Å². The van der Waals surface area contributed by atoms with Gasteiger partial charge in [0.15, 0.2) is 0 Å². The fraction of sp³-hybridized carbons (Fsp3) is 0.652. The first-order valence-corrected chi connectivity index (χ1v) is 11.1. The number of benzene rings is 1. The molecule has 1 aromatic carbocycles. The van der Waals surface area contributed by atoms with Crippen LogP contribution in [-0.2, 0) is 9.59 Å². The molecule has 7 nitrogen and oxygen atoms in total. The van der Waals surface area contributed by atoms with Crippen molar-refractivity contribution >= 4 is 29.9 Å². The van der Waals surface area contributed by atoms with Gasteiger partial charge in [-0.25, -0.2) is 0 Å². The van der Waals surface area contributed by atoms with Gasteiger partial charge < -0.3 is 15.0 Å². The molecule has 3 aliphatic rings. The van der Waals surface area contributed by atoms with Crippen molar-refractivity contribution in [1.29, 1.82) is 0 Å². The number of nitrogens with one attached hydrogen (secondary N) is 1. The molecular weight excluding hydrogens is 416 g/mol. The first kappa shape index (κ1) is 23.8. The number of ether oxygens (including phenoxy) is 1. The van der Waals surface area contributed by atoms with Gasteiger partial charge in [0.05, 0.1) is 19.2 Å². The van der Waals surface area contributed by atoms with E-state index in [0.29, 0.717) is 19.0 Å². The molecule has 2 amide bonds. The van der Waals surface area contributed by atoms with E-state index in [0.717, 1.165) is 63.4 Å². The molecule has 2 aliphatic heterocycles. The van der Waals surface area contributed by atoms with Crippen LogP contribution in [0.25, 0.3) is 0 Å². The van der Waals surface area contributed by atoms with Crippen molar-refractivity contribution in [3.8, 4) is 5.75 Å². The van der Waals surface area contributed by atoms with Crippen LogP contribution < -0.4 is 15.0 Å². The smallest absolute Gasteiger partial charge is 0.249 e. The van der Waals surface area contributed by atoms with Gasteiger partial charge >= 0.3 is 0 Å². The number of methoxy groups -OCH3 is 1. The van der Waals surface area contributed by atoms with Crippen LogP contribution >= 0.6 is 12.4 Å². The zero-order valence-corrected chi connectivity index (χ0v) is 19.7. The molecule has 172 valence electrons. The molecule has 1 aliphatic carbocycles. The van der Waals surface area contributed by atoms with E-state index >= 15 is 0 Å². The lowest BCUT2D eigenvalue weighted by Gasteiger charge is -2.37. The average Bonchev–Trinajstić information content (AvgIpc) is 3.51. The molecule has 1 aromatic rings. The molecular formula is C23H35ClN4O3. The van der Waals surface area contributed by atoms with Crippen molar-refractivity contribution in [3.63, 3.8) is 0 Å². The minimum Gasteiger partial charge on any atom is -0.495 e. The number of likely N-dealkylation sites (tertiary alicyclic amines) is 1. The molecule has 0 spiro atoms. The number of rotatable bonds is 8. The van der Waals surface area contributed by atoms with Gasteiger partial charge in [0, 0.05) is 38.8 Å². The Morgan fingerprint density at radius 3 is 2.48 bits per heavy atom. The molecule has 1 unspecified atom stereocenters. The zero-order valence-electron chi connectivity index (χ0n) is 18.9. The van der Waals surface area contributed by atoms with Gasteiger partial charge in [0.1, 0.15) is 11.3 Å². The number of carbonyl (C=O) groups excluding carboxylic acids is 2. The SMILES string of the molecule is COc1ccc(C)cc1N1CCN(CCCN2C(=O)CC(C)(NC3CC3)C2=O)CC1.Cl. The van der Waals surface area contributed by atoms with Crippen molar-refractivity contribution in [2.75, 3.05) is 51.3 Å². The highest BCUT2D eigenvalue weighted by Crippen LogP contribution is 2.31. The minimum absolute atomic E-state index is 0. The van der Waals surface area contributed by atoms with Gasteiger partial charge in [-0.1, -0.05) is 6.07 Å². The number of halogens is 1. The van der Waals surface area contributed by atoms with Gasteiger partial charge in [0.25, 0.3) is 0 Å². The molecule has 1 atom stereocenters. The third kappa shape index (κ3) is 5.33. The Balaban J connectivity index is 0.00000272. The van der Waals surface area contributed by atoms with Crippen LogP contribution in [0.15, 0.2) is 18.2 Å². The Morgan fingerprint density at radius 1 is 1.13 bits per heavy atom. The normalized spacial score (nSPS) is 24.5. The van der Waals surface area contributed by atoms with Gasteiger partial charge in [-0.3, -0.25) is 19.4 Å². The summed E-state index contributed by atoms with van der Waals surface area (Å²) in [7, 11) is 1.72. The van der Waals surface area contributed by atoms with E-state index in [1.165, 1.54) is 10.5 Å². The molecule has 8 heteroatoms. The third-order valence-electron chi connectivity index (χ3n) is 6.53. The van der Waals surface area contributed by atoms with Crippen molar-refractivity contribution in [1.82, 2.24) is 15.1 Å². The summed E-state index contributed by atoms with van der Waals surface area (Å²) >= 11 is 0. The number of anilines is 1. The highest BCUT2D eigenvalue weighted by molar-refractivity contribution is 6.08. The average molecular weight is 451 g/mol. The van der Waals surface area contributed by atoms with Crippen LogP contribution in [0, 0.1) is 6.92 Å². The topological polar surface area (TPSA) is 65.1 Å². The van der Waals surface area contributed by atoms with E-state index in [-0.39, 0.29) is 24.2 Å². The number of imide groups is 1. The number of amides is 2.